The Morgan fingerprint density at radius 3 is 3.16 bits per heavy atom. The van der Waals surface area contributed by atoms with Crippen molar-refractivity contribution in [2.24, 2.45) is 0 Å². The topological polar surface area (TPSA) is 48.3 Å². The van der Waals surface area contributed by atoms with Gasteiger partial charge in [-0.05, 0) is 20.4 Å². The monoisotopic (exact) mass is 265 g/mol. The zero-order valence-corrected chi connectivity index (χ0v) is 11.8. The van der Waals surface area contributed by atoms with Crippen LogP contribution >= 0.6 is 0 Å². The van der Waals surface area contributed by atoms with Gasteiger partial charge in [0.25, 0.3) is 0 Å². The van der Waals surface area contributed by atoms with Crippen LogP contribution in [0.3, 0.4) is 0 Å². The van der Waals surface area contributed by atoms with E-state index < -0.39 is 0 Å². The van der Waals surface area contributed by atoms with Crippen LogP contribution in [0.5, 0.6) is 0 Å². The van der Waals surface area contributed by atoms with Crippen molar-refractivity contribution in [2.75, 3.05) is 26.9 Å². The molecule has 19 heavy (non-hydrogen) atoms. The summed E-state index contributed by atoms with van der Waals surface area (Å²) in [5, 5.41) is 7.79. The highest BCUT2D eigenvalue weighted by Gasteiger charge is 2.41. The summed E-state index contributed by atoms with van der Waals surface area (Å²) in [5.41, 5.74) is 1.19. The molecule has 106 valence electrons. The summed E-state index contributed by atoms with van der Waals surface area (Å²) >= 11 is 0. The van der Waals surface area contributed by atoms with Gasteiger partial charge in [0.15, 0.2) is 0 Å². The van der Waals surface area contributed by atoms with Crippen molar-refractivity contribution in [1.82, 2.24) is 15.1 Å². The third kappa shape index (κ3) is 2.55. The van der Waals surface area contributed by atoms with Gasteiger partial charge in [-0.3, -0.25) is 4.68 Å². The van der Waals surface area contributed by atoms with E-state index in [0.29, 0.717) is 12.1 Å². The second-order valence-corrected chi connectivity index (χ2v) is 5.74. The van der Waals surface area contributed by atoms with Gasteiger partial charge in [-0.1, -0.05) is 0 Å². The molecule has 3 rings (SSSR count). The molecule has 2 aliphatic rings. The van der Waals surface area contributed by atoms with Gasteiger partial charge in [-0.25, -0.2) is 0 Å². The van der Waals surface area contributed by atoms with Crippen LogP contribution in [0.1, 0.15) is 43.8 Å². The van der Waals surface area contributed by atoms with Gasteiger partial charge < -0.3 is 14.8 Å². The molecule has 5 heteroatoms. The molecule has 2 saturated heterocycles. The molecule has 0 radical (unpaired) electrons. The predicted molar refractivity (Wildman–Crippen MR) is 72.1 cm³/mol. The Labute approximate surface area is 114 Å². The van der Waals surface area contributed by atoms with Gasteiger partial charge in [0.05, 0.1) is 24.4 Å². The molecular formula is C14H23N3O2. The first-order valence-electron chi connectivity index (χ1n) is 7.15. The summed E-state index contributed by atoms with van der Waals surface area (Å²) in [6.45, 7) is 4.53. The second kappa shape index (κ2) is 5.23. The molecule has 0 saturated carbocycles. The summed E-state index contributed by atoms with van der Waals surface area (Å²) in [6.07, 6.45) is 7.21. The lowest BCUT2D eigenvalue weighted by molar-refractivity contribution is -0.0962. The quantitative estimate of drug-likeness (QED) is 0.903. The average Bonchev–Trinajstić information content (AvgIpc) is 3.08. The van der Waals surface area contributed by atoms with Crippen LogP contribution in [0, 0.1) is 0 Å². The molecule has 1 N–H and O–H groups in total. The number of rotatable bonds is 3. The molecule has 0 aliphatic carbocycles. The lowest BCUT2D eigenvalue weighted by atomic mass is 9.90. The van der Waals surface area contributed by atoms with Gasteiger partial charge in [0.2, 0.25) is 0 Å². The number of hydrogen-bond donors (Lipinski definition) is 1. The maximum absolute atomic E-state index is 5.98. The lowest BCUT2D eigenvalue weighted by Crippen LogP contribution is -2.41. The first kappa shape index (κ1) is 13.1. The van der Waals surface area contributed by atoms with E-state index in [0.717, 1.165) is 39.1 Å². The van der Waals surface area contributed by atoms with Crippen molar-refractivity contribution in [3.63, 3.8) is 0 Å². The minimum atomic E-state index is -0.0519. The highest BCUT2D eigenvalue weighted by atomic mass is 16.6. The number of ether oxygens (including phenoxy) is 2. The summed E-state index contributed by atoms with van der Waals surface area (Å²) < 4.78 is 13.6. The van der Waals surface area contributed by atoms with Crippen LogP contribution in [-0.2, 0) is 9.47 Å². The van der Waals surface area contributed by atoms with Gasteiger partial charge in [0, 0.05) is 43.9 Å². The van der Waals surface area contributed by atoms with E-state index in [1.165, 1.54) is 5.56 Å². The first-order valence-corrected chi connectivity index (χ1v) is 7.15. The number of nitrogens with one attached hydrogen (secondary N) is 1. The number of aromatic nitrogens is 2. The molecule has 3 atom stereocenters. The van der Waals surface area contributed by atoms with Gasteiger partial charge in [-0.2, -0.15) is 5.10 Å². The van der Waals surface area contributed by atoms with E-state index in [2.05, 4.69) is 28.2 Å². The van der Waals surface area contributed by atoms with Gasteiger partial charge >= 0.3 is 0 Å². The maximum Gasteiger partial charge on any atom is 0.0957 e. The normalized spacial score (nSPS) is 32.8. The third-order valence-corrected chi connectivity index (χ3v) is 4.46. The lowest BCUT2D eigenvalue weighted by Gasteiger charge is -2.37. The van der Waals surface area contributed by atoms with Gasteiger partial charge in [0.1, 0.15) is 0 Å². The molecule has 0 bridgehead atoms. The Morgan fingerprint density at radius 1 is 1.53 bits per heavy atom. The highest BCUT2D eigenvalue weighted by molar-refractivity contribution is 5.10. The first-order chi connectivity index (χ1) is 9.22. The molecule has 2 fully saturated rings. The van der Waals surface area contributed by atoms with Crippen molar-refractivity contribution in [3.05, 3.63) is 18.0 Å². The van der Waals surface area contributed by atoms with E-state index in [4.69, 9.17) is 9.47 Å². The highest BCUT2D eigenvalue weighted by Crippen LogP contribution is 2.37. The Bertz CT molecular complexity index is 426. The van der Waals surface area contributed by atoms with Crippen LogP contribution in [0.2, 0.25) is 0 Å². The van der Waals surface area contributed by atoms with Crippen molar-refractivity contribution in [1.29, 1.82) is 0 Å². The largest absolute Gasteiger partial charge is 0.378 e. The Hall–Kier alpha value is -0.910. The van der Waals surface area contributed by atoms with E-state index in [9.17, 15) is 0 Å². The van der Waals surface area contributed by atoms with Crippen LogP contribution in [0.25, 0.3) is 0 Å². The Morgan fingerprint density at radius 2 is 2.42 bits per heavy atom. The molecule has 2 aliphatic heterocycles. The summed E-state index contributed by atoms with van der Waals surface area (Å²) in [7, 11) is 1.97. The summed E-state index contributed by atoms with van der Waals surface area (Å²) in [4.78, 5) is 0. The van der Waals surface area contributed by atoms with Crippen molar-refractivity contribution < 1.29 is 9.47 Å². The second-order valence-electron chi connectivity index (χ2n) is 5.74. The maximum atomic E-state index is 5.98. The third-order valence-electron chi connectivity index (χ3n) is 4.46. The van der Waals surface area contributed by atoms with E-state index in [-0.39, 0.29) is 5.60 Å². The summed E-state index contributed by atoms with van der Waals surface area (Å²) in [5.74, 6) is 0. The smallest absolute Gasteiger partial charge is 0.0957 e. The molecule has 1 aromatic heterocycles. The molecule has 5 nitrogen and oxygen atoms in total. The van der Waals surface area contributed by atoms with Crippen molar-refractivity contribution in [3.8, 4) is 0 Å². The zero-order valence-electron chi connectivity index (χ0n) is 11.8. The average molecular weight is 265 g/mol. The zero-order chi connectivity index (χ0) is 13.3. The van der Waals surface area contributed by atoms with Crippen molar-refractivity contribution >= 4 is 0 Å². The standard InChI is InChI=1S/C14H23N3O2/c1-11(15-2)12-8-16-17(9-12)13-3-5-19-14(7-13)4-6-18-10-14/h8-9,11,13,15H,3-7,10H2,1-2H3. The fourth-order valence-electron chi connectivity index (χ4n) is 3.03. The number of nitrogens with zero attached hydrogens (tertiary/aromatic N) is 2. The fourth-order valence-corrected chi connectivity index (χ4v) is 3.03. The molecule has 1 aromatic rings. The SMILES string of the molecule is CNC(C)c1cnn(C2CCOC3(CCOC3)C2)c1. The number of hydrogen-bond acceptors (Lipinski definition) is 4. The van der Waals surface area contributed by atoms with Crippen molar-refractivity contribution in [2.45, 2.75) is 43.9 Å². The van der Waals surface area contributed by atoms with Crippen LogP contribution in [0.4, 0.5) is 0 Å². The predicted octanol–water partition coefficient (Wildman–Crippen LogP) is 1.67. The molecular weight excluding hydrogens is 242 g/mol. The van der Waals surface area contributed by atoms with E-state index in [1.54, 1.807) is 0 Å². The molecule has 1 spiro atoms. The minimum Gasteiger partial charge on any atom is -0.378 e. The molecule has 3 heterocycles. The molecule has 0 aromatic carbocycles. The van der Waals surface area contributed by atoms with Crippen LogP contribution in [-0.4, -0.2) is 42.2 Å². The minimum absolute atomic E-state index is 0.0519. The Kier molecular flexibility index (Phi) is 3.60. The van der Waals surface area contributed by atoms with Crippen LogP contribution in [0.15, 0.2) is 12.4 Å². The fraction of sp³-hybridized carbons (Fsp3) is 0.786. The summed E-state index contributed by atoms with van der Waals surface area (Å²) in [6, 6.07) is 0.783. The van der Waals surface area contributed by atoms with Gasteiger partial charge in [-0.15, -0.1) is 0 Å². The van der Waals surface area contributed by atoms with E-state index in [1.807, 2.05) is 13.2 Å². The molecule has 0 amide bonds. The van der Waals surface area contributed by atoms with E-state index >= 15 is 0 Å². The molecule has 3 unspecified atom stereocenters. The van der Waals surface area contributed by atoms with Crippen LogP contribution < -0.4 is 5.32 Å². The Balaban J connectivity index is 1.73.